The molecule has 7 heteroatoms. The normalized spacial score (nSPS) is 19.1. The third kappa shape index (κ3) is 3.19. The summed E-state index contributed by atoms with van der Waals surface area (Å²) in [6.07, 6.45) is 0.119. The highest BCUT2D eigenvalue weighted by atomic mass is 32.2. The van der Waals surface area contributed by atoms with Crippen LogP contribution in [0.1, 0.15) is 17.5 Å². The summed E-state index contributed by atoms with van der Waals surface area (Å²) >= 11 is 1.46. The first-order chi connectivity index (χ1) is 12.9. The number of rotatable bonds is 3. The number of thioether (sulfide) groups is 1. The average Bonchev–Trinajstić information content (AvgIpc) is 2.89. The van der Waals surface area contributed by atoms with E-state index in [0.29, 0.717) is 11.4 Å². The van der Waals surface area contributed by atoms with E-state index in [1.54, 1.807) is 0 Å². The van der Waals surface area contributed by atoms with Gasteiger partial charge in [-0.05, 0) is 43.2 Å². The van der Waals surface area contributed by atoms with Gasteiger partial charge in [-0.1, -0.05) is 18.2 Å². The van der Waals surface area contributed by atoms with Crippen LogP contribution in [0.15, 0.2) is 41.3 Å². The van der Waals surface area contributed by atoms with Crippen molar-refractivity contribution in [2.45, 2.75) is 31.2 Å². The molecule has 0 radical (unpaired) electrons. The van der Waals surface area contributed by atoms with Crippen LogP contribution in [0.3, 0.4) is 0 Å². The van der Waals surface area contributed by atoms with Gasteiger partial charge in [0.05, 0.1) is 23.5 Å². The van der Waals surface area contributed by atoms with Gasteiger partial charge in [0.25, 0.3) is 5.91 Å². The fraction of sp³-hybridized carbons (Fsp3) is 0.250. The van der Waals surface area contributed by atoms with Gasteiger partial charge < -0.3 is 10.6 Å². The molecule has 27 heavy (non-hydrogen) atoms. The van der Waals surface area contributed by atoms with Crippen LogP contribution in [0.25, 0.3) is 0 Å². The molecule has 138 valence electrons. The van der Waals surface area contributed by atoms with Crippen molar-refractivity contribution in [3.05, 3.63) is 47.5 Å². The lowest BCUT2D eigenvalue weighted by molar-refractivity contribution is -0.121. The molecule has 0 saturated carbocycles. The summed E-state index contributed by atoms with van der Waals surface area (Å²) in [6.45, 7) is 3.80. The number of nitrogens with zero attached hydrogens (tertiary/aromatic N) is 1. The van der Waals surface area contributed by atoms with Crippen molar-refractivity contribution in [1.82, 2.24) is 0 Å². The van der Waals surface area contributed by atoms with Gasteiger partial charge in [-0.25, -0.2) is 4.90 Å². The molecule has 2 aromatic carbocycles. The van der Waals surface area contributed by atoms with E-state index in [9.17, 15) is 14.4 Å². The van der Waals surface area contributed by atoms with Gasteiger partial charge in [0.2, 0.25) is 11.8 Å². The summed E-state index contributed by atoms with van der Waals surface area (Å²) < 4.78 is 0. The van der Waals surface area contributed by atoms with Crippen LogP contribution in [-0.2, 0) is 14.4 Å². The molecule has 1 atom stereocenters. The van der Waals surface area contributed by atoms with Crippen LogP contribution in [0.2, 0.25) is 0 Å². The average molecular weight is 381 g/mol. The molecule has 0 aromatic heterocycles. The van der Waals surface area contributed by atoms with Crippen molar-refractivity contribution < 1.29 is 14.4 Å². The van der Waals surface area contributed by atoms with Crippen LogP contribution < -0.4 is 15.5 Å². The van der Waals surface area contributed by atoms with Gasteiger partial charge >= 0.3 is 0 Å². The van der Waals surface area contributed by atoms with E-state index in [1.165, 1.54) is 16.7 Å². The number of fused-ring (bicyclic) bond motifs is 1. The molecule has 4 rings (SSSR count). The predicted molar refractivity (Wildman–Crippen MR) is 106 cm³/mol. The molecular weight excluding hydrogens is 362 g/mol. The van der Waals surface area contributed by atoms with Crippen molar-refractivity contribution in [3.8, 4) is 0 Å². The summed E-state index contributed by atoms with van der Waals surface area (Å²) in [5.41, 5.74) is 4.01. The third-order valence-electron chi connectivity index (χ3n) is 4.77. The van der Waals surface area contributed by atoms with Crippen molar-refractivity contribution in [2.24, 2.45) is 0 Å². The highest BCUT2D eigenvalue weighted by molar-refractivity contribution is 8.00. The minimum atomic E-state index is -0.599. The molecule has 1 unspecified atom stereocenters. The number of nitrogens with one attached hydrogen (secondary N) is 2. The SMILES string of the molecule is Cc1cccc(C)c1N1C(=O)CC(Nc2ccc3c(c2)SCC(=O)N3)C1=O. The highest BCUT2D eigenvalue weighted by Crippen LogP contribution is 2.35. The van der Waals surface area contributed by atoms with E-state index in [2.05, 4.69) is 10.6 Å². The Morgan fingerprint density at radius 2 is 1.85 bits per heavy atom. The number of benzene rings is 2. The van der Waals surface area contributed by atoms with E-state index in [0.717, 1.165) is 27.4 Å². The zero-order valence-electron chi connectivity index (χ0n) is 15.0. The molecule has 1 fully saturated rings. The number of anilines is 3. The second-order valence-electron chi connectivity index (χ2n) is 6.76. The summed E-state index contributed by atoms with van der Waals surface area (Å²) in [7, 11) is 0. The minimum Gasteiger partial charge on any atom is -0.373 e. The summed E-state index contributed by atoms with van der Waals surface area (Å²) in [5.74, 6) is -0.0861. The number of aryl methyl sites for hydroxylation is 2. The van der Waals surface area contributed by atoms with Gasteiger partial charge in [-0.2, -0.15) is 0 Å². The quantitative estimate of drug-likeness (QED) is 0.799. The molecule has 2 aliphatic rings. The minimum absolute atomic E-state index is 0.0194. The smallest absolute Gasteiger partial charge is 0.256 e. The Balaban J connectivity index is 1.57. The van der Waals surface area contributed by atoms with E-state index in [1.807, 2.05) is 50.2 Å². The highest BCUT2D eigenvalue weighted by Gasteiger charge is 2.40. The first-order valence-electron chi connectivity index (χ1n) is 8.70. The first kappa shape index (κ1) is 17.6. The number of imide groups is 1. The molecule has 2 aliphatic heterocycles. The zero-order chi connectivity index (χ0) is 19.1. The number of hydrogen-bond donors (Lipinski definition) is 2. The maximum Gasteiger partial charge on any atom is 0.256 e. The molecule has 6 nitrogen and oxygen atoms in total. The molecular formula is C20H19N3O3S. The third-order valence-corrected chi connectivity index (χ3v) is 5.82. The largest absolute Gasteiger partial charge is 0.373 e. The van der Waals surface area contributed by atoms with Gasteiger partial charge in [0.1, 0.15) is 6.04 Å². The molecule has 0 spiro atoms. The number of para-hydroxylation sites is 1. The van der Waals surface area contributed by atoms with Crippen LogP contribution in [-0.4, -0.2) is 29.5 Å². The molecule has 2 heterocycles. The lowest BCUT2D eigenvalue weighted by Crippen LogP contribution is -2.35. The van der Waals surface area contributed by atoms with Crippen molar-refractivity contribution in [3.63, 3.8) is 0 Å². The molecule has 1 saturated heterocycles. The van der Waals surface area contributed by atoms with E-state index < -0.39 is 6.04 Å². The Morgan fingerprint density at radius 3 is 2.59 bits per heavy atom. The van der Waals surface area contributed by atoms with E-state index in [-0.39, 0.29) is 24.1 Å². The Morgan fingerprint density at radius 1 is 1.11 bits per heavy atom. The van der Waals surface area contributed by atoms with Crippen molar-refractivity contribution >= 4 is 46.5 Å². The van der Waals surface area contributed by atoms with Crippen molar-refractivity contribution in [1.29, 1.82) is 0 Å². The summed E-state index contributed by atoms with van der Waals surface area (Å²) in [5, 5.41) is 6.00. The molecule has 2 aromatic rings. The number of carbonyl (C=O) groups is 3. The fourth-order valence-electron chi connectivity index (χ4n) is 3.50. The summed E-state index contributed by atoms with van der Waals surface area (Å²) in [4.78, 5) is 39.2. The fourth-order valence-corrected chi connectivity index (χ4v) is 4.35. The van der Waals surface area contributed by atoms with Gasteiger partial charge in [0.15, 0.2) is 0 Å². The lowest BCUT2D eigenvalue weighted by Gasteiger charge is -2.21. The second-order valence-corrected chi connectivity index (χ2v) is 7.77. The van der Waals surface area contributed by atoms with Crippen LogP contribution >= 0.6 is 11.8 Å². The monoisotopic (exact) mass is 381 g/mol. The van der Waals surface area contributed by atoms with Gasteiger partial charge in [-0.15, -0.1) is 11.8 Å². The summed E-state index contributed by atoms with van der Waals surface area (Å²) in [6, 6.07) is 10.6. The Hall–Kier alpha value is -2.80. The maximum atomic E-state index is 12.9. The van der Waals surface area contributed by atoms with E-state index >= 15 is 0 Å². The Bertz CT molecular complexity index is 953. The van der Waals surface area contributed by atoms with Gasteiger partial charge in [0, 0.05) is 10.6 Å². The van der Waals surface area contributed by atoms with Crippen LogP contribution in [0.5, 0.6) is 0 Å². The van der Waals surface area contributed by atoms with E-state index in [4.69, 9.17) is 0 Å². The molecule has 2 N–H and O–H groups in total. The maximum absolute atomic E-state index is 12.9. The Labute approximate surface area is 161 Å². The Kier molecular flexibility index (Phi) is 4.39. The number of hydrogen-bond acceptors (Lipinski definition) is 5. The molecule has 3 amide bonds. The first-order valence-corrected chi connectivity index (χ1v) is 9.69. The second kappa shape index (κ2) is 6.74. The van der Waals surface area contributed by atoms with Gasteiger partial charge in [-0.3, -0.25) is 14.4 Å². The zero-order valence-corrected chi connectivity index (χ0v) is 15.9. The standard InChI is InChI=1S/C20H19N3O3S/c1-11-4-3-5-12(2)19(11)23-18(25)9-15(20(23)26)21-13-6-7-14-16(8-13)27-10-17(24)22-14/h3-8,15,21H,9-10H2,1-2H3,(H,22,24). The molecule has 0 bridgehead atoms. The van der Waals surface area contributed by atoms with Crippen LogP contribution in [0.4, 0.5) is 17.1 Å². The topological polar surface area (TPSA) is 78.5 Å². The van der Waals surface area contributed by atoms with Crippen LogP contribution in [0, 0.1) is 13.8 Å². The lowest BCUT2D eigenvalue weighted by atomic mass is 10.1. The molecule has 0 aliphatic carbocycles. The predicted octanol–water partition coefficient (Wildman–Crippen LogP) is 3.09. The number of carbonyl (C=O) groups excluding carboxylic acids is 3. The van der Waals surface area contributed by atoms with Crippen molar-refractivity contribution in [2.75, 3.05) is 21.3 Å². The number of amides is 3.